The summed E-state index contributed by atoms with van der Waals surface area (Å²) in [4.78, 5) is 4.03. The molecule has 1 atom stereocenters. The highest BCUT2D eigenvalue weighted by Crippen LogP contribution is 2.33. The summed E-state index contributed by atoms with van der Waals surface area (Å²) in [6.07, 6.45) is 4.01. The number of nitrogens with zero attached hydrogens (tertiary/aromatic N) is 3. The number of nitrogen functional groups attached to an aromatic ring is 1. The van der Waals surface area contributed by atoms with Crippen LogP contribution in [0.5, 0.6) is 0 Å². The van der Waals surface area contributed by atoms with Crippen molar-refractivity contribution in [2.45, 2.75) is 0 Å². The first kappa shape index (κ1) is 9.61. The molecule has 2 aromatic rings. The quantitative estimate of drug-likeness (QED) is 0.620. The first-order valence-corrected chi connectivity index (χ1v) is 8.24. The molecule has 0 amide bonds. The summed E-state index contributed by atoms with van der Waals surface area (Å²) in [5, 5.41) is 5.11. The molecular weight excluding hydrogens is 366 g/mol. The largest absolute Gasteiger partial charge is 0.383 e. The van der Waals surface area contributed by atoms with Gasteiger partial charge in [0.15, 0.2) is 0 Å². The van der Waals surface area contributed by atoms with E-state index in [1.807, 2.05) is 4.45 Å². The summed E-state index contributed by atoms with van der Waals surface area (Å²) in [5.74, 6) is 0.527. The van der Waals surface area contributed by atoms with Crippen molar-refractivity contribution in [2.75, 3.05) is 5.73 Å². The van der Waals surface area contributed by atoms with Gasteiger partial charge in [0, 0.05) is 6.20 Å². The molecule has 4 nitrogen and oxygen atoms in total. The number of hydrogen-bond acceptors (Lipinski definition) is 3. The lowest BCUT2D eigenvalue weighted by Crippen LogP contribution is -1.91. The topological polar surface area (TPSA) is 56.7 Å². The highest BCUT2D eigenvalue weighted by molar-refractivity contribution is 14.2. The number of halogens is 2. The predicted molar refractivity (Wildman–Crippen MR) is 67.4 cm³/mol. The molecule has 1 unspecified atom stereocenters. The van der Waals surface area contributed by atoms with Gasteiger partial charge >= 0.3 is 0 Å². The molecule has 0 aliphatic rings. The predicted octanol–water partition coefficient (Wildman–Crippen LogP) is 2.57. The SMILES string of the molecule is Nc1ncc(Br)c2c1cnn2PI. The minimum atomic E-state index is 0.527. The van der Waals surface area contributed by atoms with Gasteiger partial charge in [0.1, 0.15) is 5.82 Å². The number of rotatable bonds is 1. The first-order chi connectivity index (χ1) is 6.24. The second kappa shape index (κ2) is 3.67. The molecule has 68 valence electrons. The molecule has 0 bridgehead atoms. The molecule has 0 fully saturated rings. The molecule has 2 N–H and O–H groups in total. The number of hydrogen-bond donors (Lipinski definition) is 1. The van der Waals surface area contributed by atoms with Crippen molar-refractivity contribution in [1.29, 1.82) is 0 Å². The van der Waals surface area contributed by atoms with Crippen molar-refractivity contribution in [2.24, 2.45) is 0 Å². The molecule has 0 saturated carbocycles. The van der Waals surface area contributed by atoms with Gasteiger partial charge in [0.25, 0.3) is 0 Å². The minimum absolute atomic E-state index is 0.527. The monoisotopic (exact) mass is 370 g/mol. The standard InChI is InChI=1S/C6H5BrIN4P/c7-4-2-10-6(9)3-1-11-12(13-8)5(3)4/h1-2,13H,(H2,9,10). The van der Waals surface area contributed by atoms with E-state index >= 15 is 0 Å². The summed E-state index contributed by atoms with van der Waals surface area (Å²) in [6, 6.07) is 0. The van der Waals surface area contributed by atoms with Crippen molar-refractivity contribution < 1.29 is 0 Å². The highest BCUT2D eigenvalue weighted by atomic mass is 127. The summed E-state index contributed by atoms with van der Waals surface area (Å²) in [5.41, 5.74) is 6.72. The van der Waals surface area contributed by atoms with E-state index in [1.54, 1.807) is 12.4 Å². The number of aromatic nitrogens is 3. The Morgan fingerprint density at radius 2 is 2.31 bits per heavy atom. The van der Waals surface area contributed by atoms with Crippen LogP contribution in [-0.2, 0) is 0 Å². The summed E-state index contributed by atoms with van der Waals surface area (Å²) in [6.45, 7) is 0. The Morgan fingerprint density at radius 1 is 1.54 bits per heavy atom. The van der Waals surface area contributed by atoms with Crippen LogP contribution in [0.3, 0.4) is 0 Å². The number of fused-ring (bicyclic) bond motifs is 1. The fourth-order valence-electron chi connectivity index (χ4n) is 1.09. The van der Waals surface area contributed by atoms with Gasteiger partial charge in [0.05, 0.1) is 27.9 Å². The highest BCUT2D eigenvalue weighted by Gasteiger charge is 2.08. The van der Waals surface area contributed by atoms with Crippen LogP contribution in [-0.4, -0.2) is 14.5 Å². The molecule has 7 heteroatoms. The third-order valence-corrected chi connectivity index (χ3v) is 4.12. The first-order valence-electron chi connectivity index (χ1n) is 3.38. The molecule has 2 aromatic heterocycles. The lowest BCUT2D eigenvalue weighted by molar-refractivity contribution is 1.04. The Labute approximate surface area is 97.7 Å². The zero-order chi connectivity index (χ0) is 9.42. The van der Waals surface area contributed by atoms with Gasteiger partial charge < -0.3 is 5.73 Å². The van der Waals surface area contributed by atoms with Crippen LogP contribution in [0.25, 0.3) is 10.9 Å². The molecular formula is C6H5BrIN4P. The Morgan fingerprint density at radius 3 is 3.00 bits per heavy atom. The van der Waals surface area contributed by atoms with E-state index in [0.29, 0.717) is 12.2 Å². The third kappa shape index (κ3) is 1.55. The molecule has 0 aromatic carbocycles. The average Bonchev–Trinajstić information content (AvgIpc) is 2.56. The van der Waals surface area contributed by atoms with Gasteiger partial charge in [-0.15, -0.1) is 0 Å². The average molecular weight is 371 g/mol. The molecule has 0 aliphatic heterocycles. The zero-order valence-corrected chi connectivity index (χ0v) is 11.1. The van der Waals surface area contributed by atoms with E-state index in [1.165, 1.54) is 0 Å². The minimum Gasteiger partial charge on any atom is -0.383 e. The number of pyridine rings is 1. The van der Waals surface area contributed by atoms with Crippen LogP contribution >= 0.6 is 44.3 Å². The second-order valence-corrected chi connectivity index (χ2v) is 5.29. The van der Waals surface area contributed by atoms with E-state index in [9.17, 15) is 0 Å². The van der Waals surface area contributed by atoms with Gasteiger partial charge in [0.2, 0.25) is 0 Å². The lowest BCUT2D eigenvalue weighted by atomic mass is 10.3. The molecule has 0 saturated heterocycles. The number of anilines is 1. The summed E-state index contributed by atoms with van der Waals surface area (Å²) < 4.78 is 2.83. The molecule has 0 radical (unpaired) electrons. The van der Waals surface area contributed by atoms with Crippen LogP contribution in [0.15, 0.2) is 16.9 Å². The molecule has 2 heterocycles. The van der Waals surface area contributed by atoms with Crippen LogP contribution in [0.1, 0.15) is 0 Å². The molecule has 2 rings (SSSR count). The molecule has 0 spiro atoms. The maximum absolute atomic E-state index is 5.71. The Hall–Kier alpha value is 0.0600. The zero-order valence-electron chi connectivity index (χ0n) is 6.33. The second-order valence-electron chi connectivity index (χ2n) is 2.39. The fourth-order valence-corrected chi connectivity index (χ4v) is 3.26. The van der Waals surface area contributed by atoms with E-state index in [2.05, 4.69) is 48.1 Å². The van der Waals surface area contributed by atoms with Gasteiger partial charge in [-0.25, -0.2) is 9.44 Å². The van der Waals surface area contributed by atoms with Crippen molar-refractivity contribution in [3.8, 4) is 0 Å². The van der Waals surface area contributed by atoms with Crippen molar-refractivity contribution >= 4 is 61.1 Å². The van der Waals surface area contributed by atoms with Crippen LogP contribution < -0.4 is 5.73 Å². The van der Waals surface area contributed by atoms with Crippen LogP contribution in [0.4, 0.5) is 5.82 Å². The number of nitrogens with two attached hydrogens (primary N) is 1. The fraction of sp³-hybridized carbons (Fsp3) is 0. The van der Waals surface area contributed by atoms with Crippen molar-refractivity contribution in [3.05, 3.63) is 16.9 Å². The van der Waals surface area contributed by atoms with Gasteiger partial charge in [-0.1, -0.05) is 0 Å². The maximum atomic E-state index is 5.71. The van der Waals surface area contributed by atoms with Gasteiger partial charge in [-0.2, -0.15) is 5.10 Å². The third-order valence-electron chi connectivity index (χ3n) is 1.67. The Balaban J connectivity index is 2.87. The van der Waals surface area contributed by atoms with Gasteiger partial charge in [-0.3, -0.25) is 0 Å². The van der Waals surface area contributed by atoms with E-state index in [-0.39, 0.29) is 0 Å². The Bertz CT molecular complexity index is 457. The summed E-state index contributed by atoms with van der Waals surface area (Å²) in [7, 11) is 0. The van der Waals surface area contributed by atoms with Gasteiger partial charge in [-0.05, 0) is 38.0 Å². The lowest BCUT2D eigenvalue weighted by Gasteiger charge is -2.00. The normalized spacial score (nSPS) is 11.8. The van der Waals surface area contributed by atoms with E-state index in [0.717, 1.165) is 15.4 Å². The smallest absolute Gasteiger partial charge is 0.134 e. The van der Waals surface area contributed by atoms with Crippen molar-refractivity contribution in [1.82, 2.24) is 14.5 Å². The molecule has 13 heavy (non-hydrogen) atoms. The van der Waals surface area contributed by atoms with E-state index < -0.39 is 0 Å². The van der Waals surface area contributed by atoms with Crippen LogP contribution in [0, 0.1) is 0 Å². The molecule has 0 aliphatic carbocycles. The van der Waals surface area contributed by atoms with Crippen LogP contribution in [0.2, 0.25) is 0 Å². The Kier molecular flexibility index (Phi) is 2.71. The van der Waals surface area contributed by atoms with Crippen molar-refractivity contribution in [3.63, 3.8) is 0 Å². The van der Waals surface area contributed by atoms with E-state index in [4.69, 9.17) is 5.73 Å². The summed E-state index contributed by atoms with van der Waals surface area (Å²) >= 11 is 5.70. The maximum Gasteiger partial charge on any atom is 0.134 e.